The van der Waals surface area contributed by atoms with E-state index < -0.39 is 0 Å². The van der Waals surface area contributed by atoms with Gasteiger partial charge in [-0.25, -0.2) is 0 Å². The van der Waals surface area contributed by atoms with Crippen LogP contribution in [0.15, 0.2) is 11.1 Å². The molecule has 2 atom stereocenters. The first-order chi connectivity index (χ1) is 5.98. The third-order valence-electron chi connectivity index (χ3n) is 3.03. The molecule has 1 aliphatic carbocycles. The molecule has 0 aromatic heterocycles. The topological polar surface area (TPSA) is 32.3 Å². The van der Waals surface area contributed by atoms with Gasteiger partial charge in [0.2, 0.25) is 0 Å². The third-order valence-corrected chi connectivity index (χ3v) is 3.40. The molecule has 1 rings (SSSR count). The first-order valence-corrected chi connectivity index (χ1v) is 5.09. The standard InChI is InChI=1S/C10H18ClNO/c1-7(5-11)6-12-8-4-9(13)10(8,2)3/h5,8-9,12-13H,4,6H2,1-3H3. The maximum atomic E-state index is 9.49. The molecule has 13 heavy (non-hydrogen) atoms. The molecule has 0 saturated heterocycles. The minimum Gasteiger partial charge on any atom is -0.392 e. The van der Waals surface area contributed by atoms with E-state index in [1.165, 1.54) is 0 Å². The number of halogens is 1. The zero-order valence-corrected chi connectivity index (χ0v) is 9.23. The Morgan fingerprint density at radius 1 is 1.69 bits per heavy atom. The summed E-state index contributed by atoms with van der Waals surface area (Å²) in [6, 6.07) is 0.411. The van der Waals surface area contributed by atoms with Crippen LogP contribution in [0.4, 0.5) is 0 Å². The second-order valence-corrected chi connectivity index (χ2v) is 4.68. The van der Waals surface area contributed by atoms with Crippen LogP contribution in [0.2, 0.25) is 0 Å². The fourth-order valence-corrected chi connectivity index (χ4v) is 1.65. The predicted molar refractivity (Wildman–Crippen MR) is 55.8 cm³/mol. The smallest absolute Gasteiger partial charge is 0.0621 e. The lowest BCUT2D eigenvalue weighted by Gasteiger charge is -2.49. The second kappa shape index (κ2) is 3.99. The van der Waals surface area contributed by atoms with Crippen molar-refractivity contribution < 1.29 is 5.11 Å². The zero-order chi connectivity index (χ0) is 10.1. The maximum absolute atomic E-state index is 9.49. The Balaban J connectivity index is 2.33. The minimum atomic E-state index is -0.162. The highest BCUT2D eigenvalue weighted by Crippen LogP contribution is 2.40. The number of aliphatic hydroxyl groups excluding tert-OH is 1. The Kier molecular flexibility index (Phi) is 3.38. The van der Waals surface area contributed by atoms with Crippen LogP contribution < -0.4 is 5.32 Å². The molecule has 2 unspecified atom stereocenters. The van der Waals surface area contributed by atoms with Gasteiger partial charge in [0, 0.05) is 23.5 Å². The molecule has 2 N–H and O–H groups in total. The Labute approximate surface area is 85.0 Å². The second-order valence-electron chi connectivity index (χ2n) is 4.46. The van der Waals surface area contributed by atoms with Crippen LogP contribution in [0.3, 0.4) is 0 Å². The van der Waals surface area contributed by atoms with Gasteiger partial charge in [0.05, 0.1) is 6.10 Å². The van der Waals surface area contributed by atoms with Crippen LogP contribution in [0, 0.1) is 5.41 Å². The minimum absolute atomic E-state index is 0.00654. The Hall–Kier alpha value is -0.0500. The van der Waals surface area contributed by atoms with Crippen LogP contribution in [0.5, 0.6) is 0 Å². The summed E-state index contributed by atoms with van der Waals surface area (Å²) in [5.74, 6) is 0. The van der Waals surface area contributed by atoms with E-state index in [1.54, 1.807) is 5.54 Å². The summed E-state index contributed by atoms with van der Waals surface area (Å²) in [5.41, 5.74) is 2.72. The summed E-state index contributed by atoms with van der Waals surface area (Å²) >= 11 is 5.54. The predicted octanol–water partition coefficient (Wildman–Crippen LogP) is 1.88. The van der Waals surface area contributed by atoms with Gasteiger partial charge in [-0.05, 0) is 18.9 Å². The van der Waals surface area contributed by atoms with Crippen LogP contribution in [-0.4, -0.2) is 23.8 Å². The molecule has 76 valence electrons. The van der Waals surface area contributed by atoms with Gasteiger partial charge in [-0.1, -0.05) is 25.4 Å². The molecule has 0 bridgehead atoms. The van der Waals surface area contributed by atoms with Crippen molar-refractivity contribution in [2.75, 3.05) is 6.54 Å². The van der Waals surface area contributed by atoms with Crippen molar-refractivity contribution in [3.63, 3.8) is 0 Å². The lowest BCUT2D eigenvalue weighted by molar-refractivity contribution is -0.0714. The van der Waals surface area contributed by atoms with Crippen LogP contribution in [0.25, 0.3) is 0 Å². The average Bonchev–Trinajstić information content (AvgIpc) is 2.11. The first kappa shape index (κ1) is 11.0. The summed E-state index contributed by atoms with van der Waals surface area (Å²) in [5, 5.41) is 12.9. The fourth-order valence-electron chi connectivity index (χ4n) is 1.57. The molecular weight excluding hydrogens is 186 g/mol. The van der Waals surface area contributed by atoms with E-state index in [4.69, 9.17) is 11.6 Å². The van der Waals surface area contributed by atoms with Crippen molar-refractivity contribution in [1.29, 1.82) is 0 Å². The lowest BCUT2D eigenvalue weighted by Crippen LogP contribution is -2.60. The van der Waals surface area contributed by atoms with Gasteiger partial charge in [-0.3, -0.25) is 0 Å². The van der Waals surface area contributed by atoms with Crippen molar-refractivity contribution in [1.82, 2.24) is 5.32 Å². The van der Waals surface area contributed by atoms with Crippen LogP contribution in [-0.2, 0) is 0 Å². The van der Waals surface area contributed by atoms with Crippen molar-refractivity contribution >= 4 is 11.6 Å². The fraction of sp³-hybridized carbons (Fsp3) is 0.800. The van der Waals surface area contributed by atoms with E-state index in [0.29, 0.717) is 6.04 Å². The SMILES string of the molecule is CC(=CCl)CNC1CC(O)C1(C)C. The number of aliphatic hydroxyl groups is 1. The molecule has 0 amide bonds. The molecule has 1 saturated carbocycles. The largest absolute Gasteiger partial charge is 0.392 e. The molecular formula is C10H18ClNO. The molecule has 0 radical (unpaired) electrons. The maximum Gasteiger partial charge on any atom is 0.0621 e. The first-order valence-electron chi connectivity index (χ1n) is 4.65. The molecule has 0 heterocycles. The molecule has 0 aromatic carbocycles. The van der Waals surface area contributed by atoms with Gasteiger partial charge >= 0.3 is 0 Å². The van der Waals surface area contributed by atoms with Crippen molar-refractivity contribution in [2.45, 2.75) is 39.3 Å². The highest BCUT2D eigenvalue weighted by atomic mass is 35.5. The summed E-state index contributed by atoms with van der Waals surface area (Å²) in [7, 11) is 0. The average molecular weight is 204 g/mol. The summed E-state index contributed by atoms with van der Waals surface area (Å²) < 4.78 is 0. The number of hydrogen-bond acceptors (Lipinski definition) is 2. The Morgan fingerprint density at radius 3 is 2.69 bits per heavy atom. The van der Waals surface area contributed by atoms with E-state index >= 15 is 0 Å². The van der Waals surface area contributed by atoms with Gasteiger partial charge in [-0.15, -0.1) is 0 Å². The summed E-state index contributed by atoms with van der Waals surface area (Å²) in [6.07, 6.45) is 0.688. The lowest BCUT2D eigenvalue weighted by atomic mass is 9.64. The van der Waals surface area contributed by atoms with E-state index in [9.17, 15) is 5.11 Å². The third kappa shape index (κ3) is 2.25. The molecule has 3 heteroatoms. The highest BCUT2D eigenvalue weighted by Gasteiger charge is 2.46. The molecule has 1 aliphatic rings. The summed E-state index contributed by atoms with van der Waals surface area (Å²) in [4.78, 5) is 0. The van der Waals surface area contributed by atoms with E-state index in [0.717, 1.165) is 18.5 Å². The van der Waals surface area contributed by atoms with Crippen molar-refractivity contribution in [2.24, 2.45) is 5.41 Å². The van der Waals surface area contributed by atoms with Gasteiger partial charge < -0.3 is 10.4 Å². The molecule has 0 aromatic rings. The van der Waals surface area contributed by atoms with Gasteiger partial charge in [0.15, 0.2) is 0 Å². The normalized spacial score (nSPS) is 32.8. The van der Waals surface area contributed by atoms with Crippen molar-refractivity contribution in [3.05, 3.63) is 11.1 Å². The summed E-state index contributed by atoms with van der Waals surface area (Å²) in [6.45, 7) is 6.96. The van der Waals surface area contributed by atoms with Gasteiger partial charge in [-0.2, -0.15) is 0 Å². The van der Waals surface area contributed by atoms with Crippen molar-refractivity contribution in [3.8, 4) is 0 Å². The number of rotatable bonds is 3. The zero-order valence-electron chi connectivity index (χ0n) is 8.47. The Morgan fingerprint density at radius 2 is 2.31 bits per heavy atom. The monoisotopic (exact) mass is 203 g/mol. The molecule has 1 fully saturated rings. The van der Waals surface area contributed by atoms with Gasteiger partial charge in [0.1, 0.15) is 0 Å². The molecule has 0 spiro atoms. The van der Waals surface area contributed by atoms with E-state index in [-0.39, 0.29) is 11.5 Å². The van der Waals surface area contributed by atoms with Crippen LogP contribution >= 0.6 is 11.6 Å². The number of nitrogens with one attached hydrogen (secondary N) is 1. The van der Waals surface area contributed by atoms with E-state index in [1.807, 2.05) is 6.92 Å². The van der Waals surface area contributed by atoms with Gasteiger partial charge in [0.25, 0.3) is 0 Å². The molecule has 0 aliphatic heterocycles. The number of hydrogen-bond donors (Lipinski definition) is 2. The quantitative estimate of drug-likeness (QED) is 0.734. The molecule has 2 nitrogen and oxygen atoms in total. The van der Waals surface area contributed by atoms with Crippen LogP contribution in [0.1, 0.15) is 27.2 Å². The highest BCUT2D eigenvalue weighted by molar-refractivity contribution is 6.25. The Bertz CT molecular complexity index is 213. The van der Waals surface area contributed by atoms with E-state index in [2.05, 4.69) is 19.2 Å².